The van der Waals surface area contributed by atoms with Gasteiger partial charge in [0.15, 0.2) is 0 Å². The van der Waals surface area contributed by atoms with E-state index in [9.17, 15) is 14.0 Å². The first-order valence-electron chi connectivity index (χ1n) is 10.6. The molecule has 0 aliphatic carbocycles. The number of urea groups is 1. The Morgan fingerprint density at radius 2 is 1.88 bits per heavy atom. The Kier molecular flexibility index (Phi) is 7.94. The van der Waals surface area contributed by atoms with E-state index in [4.69, 9.17) is 4.74 Å². The number of methoxy groups -OCH3 is 1. The zero-order valence-corrected chi connectivity index (χ0v) is 18.6. The molecule has 1 heterocycles. The minimum Gasteiger partial charge on any atom is -0.383 e. The van der Waals surface area contributed by atoms with Crippen molar-refractivity contribution in [3.05, 3.63) is 71.5 Å². The van der Waals surface area contributed by atoms with Crippen LogP contribution in [0.25, 0.3) is 0 Å². The Labute approximate surface area is 187 Å². The van der Waals surface area contributed by atoms with Crippen LogP contribution >= 0.6 is 0 Å². The maximum absolute atomic E-state index is 14.4. The molecule has 0 saturated carbocycles. The summed E-state index contributed by atoms with van der Waals surface area (Å²) in [6.45, 7) is 4.09. The molecule has 0 spiro atoms. The molecule has 2 aromatic carbocycles. The van der Waals surface area contributed by atoms with Crippen LogP contribution < -0.4 is 5.32 Å². The van der Waals surface area contributed by atoms with Crippen LogP contribution in [0.2, 0.25) is 0 Å². The van der Waals surface area contributed by atoms with Gasteiger partial charge in [-0.1, -0.05) is 48.5 Å². The van der Waals surface area contributed by atoms with E-state index in [0.717, 1.165) is 5.56 Å². The summed E-state index contributed by atoms with van der Waals surface area (Å²) in [6.07, 6.45) is 0.382. The first-order chi connectivity index (χ1) is 15.4. The van der Waals surface area contributed by atoms with E-state index < -0.39 is 0 Å². The Balaban J connectivity index is 1.88. The number of hydrogen-bond donors (Lipinski definition) is 1. The van der Waals surface area contributed by atoms with E-state index >= 15 is 0 Å². The van der Waals surface area contributed by atoms with Gasteiger partial charge in [0.1, 0.15) is 12.4 Å². The highest BCUT2D eigenvalue weighted by molar-refractivity contribution is 6.03. The van der Waals surface area contributed by atoms with Gasteiger partial charge in [0.05, 0.1) is 18.4 Å². The van der Waals surface area contributed by atoms with Crippen molar-refractivity contribution >= 4 is 17.6 Å². The van der Waals surface area contributed by atoms with E-state index in [1.54, 1.807) is 18.2 Å². The highest BCUT2D eigenvalue weighted by atomic mass is 19.1. The van der Waals surface area contributed by atoms with E-state index in [2.05, 4.69) is 10.4 Å². The summed E-state index contributed by atoms with van der Waals surface area (Å²) in [5.41, 5.74) is 1.77. The number of hydrazone groups is 1. The van der Waals surface area contributed by atoms with Crippen molar-refractivity contribution in [3.63, 3.8) is 0 Å². The van der Waals surface area contributed by atoms with Gasteiger partial charge in [0.2, 0.25) is 0 Å². The number of amides is 3. The number of halogens is 1. The molecular formula is C24H29FN4O3. The lowest BCUT2D eigenvalue weighted by Crippen LogP contribution is -2.48. The lowest BCUT2D eigenvalue weighted by molar-refractivity contribution is -0.133. The molecule has 3 amide bonds. The minimum absolute atomic E-state index is 0.0721. The summed E-state index contributed by atoms with van der Waals surface area (Å²) in [5.74, 6) is -0.731. The van der Waals surface area contributed by atoms with Gasteiger partial charge in [0.25, 0.3) is 5.91 Å². The van der Waals surface area contributed by atoms with Crippen LogP contribution in [0.3, 0.4) is 0 Å². The molecule has 1 aliphatic heterocycles. The number of benzene rings is 2. The fourth-order valence-electron chi connectivity index (χ4n) is 3.56. The first-order valence-corrected chi connectivity index (χ1v) is 10.6. The second-order valence-corrected chi connectivity index (χ2v) is 7.91. The van der Waals surface area contributed by atoms with Crippen LogP contribution in [-0.4, -0.2) is 60.4 Å². The molecule has 3 rings (SSSR count). The lowest BCUT2D eigenvalue weighted by atomic mass is 9.98. The van der Waals surface area contributed by atoms with E-state index in [-0.39, 0.29) is 42.9 Å². The van der Waals surface area contributed by atoms with Crippen molar-refractivity contribution in [1.82, 2.24) is 15.2 Å². The van der Waals surface area contributed by atoms with E-state index in [1.165, 1.54) is 23.1 Å². The highest BCUT2D eigenvalue weighted by Crippen LogP contribution is 2.33. The third-order valence-electron chi connectivity index (χ3n) is 5.13. The topological polar surface area (TPSA) is 74.2 Å². The van der Waals surface area contributed by atoms with Crippen molar-refractivity contribution in [3.8, 4) is 0 Å². The molecule has 32 heavy (non-hydrogen) atoms. The molecule has 0 bridgehead atoms. The van der Waals surface area contributed by atoms with Gasteiger partial charge < -0.3 is 15.0 Å². The number of nitrogens with zero attached hydrogens (tertiary/aromatic N) is 3. The van der Waals surface area contributed by atoms with Crippen molar-refractivity contribution in [2.45, 2.75) is 32.4 Å². The van der Waals surface area contributed by atoms with E-state index in [1.807, 2.05) is 44.2 Å². The second-order valence-electron chi connectivity index (χ2n) is 7.91. The molecule has 1 unspecified atom stereocenters. The average molecular weight is 441 g/mol. The van der Waals surface area contributed by atoms with Gasteiger partial charge in [-0.05, 0) is 25.5 Å². The third-order valence-corrected chi connectivity index (χ3v) is 5.13. The van der Waals surface area contributed by atoms with Crippen LogP contribution in [-0.2, 0) is 9.53 Å². The van der Waals surface area contributed by atoms with Crippen LogP contribution in [0.15, 0.2) is 59.7 Å². The zero-order valence-electron chi connectivity index (χ0n) is 18.6. The minimum atomic E-state index is -0.384. The molecular weight excluding hydrogens is 411 g/mol. The lowest BCUT2D eigenvalue weighted by Gasteiger charge is -2.27. The van der Waals surface area contributed by atoms with Crippen molar-refractivity contribution < 1.29 is 18.7 Å². The van der Waals surface area contributed by atoms with Crippen LogP contribution in [0.4, 0.5) is 9.18 Å². The number of ether oxygens (including phenoxy) is 1. The predicted octanol–water partition coefficient (Wildman–Crippen LogP) is 3.57. The molecule has 1 atom stereocenters. The SMILES string of the molecule is COCCN(CC(=O)N1N=C(c2ccccc2F)CC1c1ccccc1)C(=O)NC(C)C. The summed E-state index contributed by atoms with van der Waals surface area (Å²) in [4.78, 5) is 27.3. The maximum atomic E-state index is 14.4. The number of nitrogens with one attached hydrogen (secondary N) is 1. The fourth-order valence-corrected chi connectivity index (χ4v) is 3.56. The second kappa shape index (κ2) is 10.9. The number of carbonyl (C=O) groups excluding carboxylic acids is 2. The normalized spacial score (nSPS) is 15.6. The smallest absolute Gasteiger partial charge is 0.318 e. The Morgan fingerprint density at radius 3 is 2.53 bits per heavy atom. The number of hydrogen-bond acceptors (Lipinski definition) is 4. The van der Waals surface area contributed by atoms with Gasteiger partial charge in [-0.3, -0.25) is 4.79 Å². The number of carbonyl (C=O) groups is 2. The molecule has 0 fully saturated rings. The number of rotatable bonds is 8. The largest absolute Gasteiger partial charge is 0.383 e. The Morgan fingerprint density at radius 1 is 1.19 bits per heavy atom. The average Bonchev–Trinajstić information content (AvgIpc) is 3.22. The summed E-state index contributed by atoms with van der Waals surface area (Å²) < 4.78 is 19.5. The Bertz CT molecular complexity index is 965. The predicted molar refractivity (Wildman–Crippen MR) is 121 cm³/mol. The summed E-state index contributed by atoms with van der Waals surface area (Å²) >= 11 is 0. The zero-order chi connectivity index (χ0) is 23.1. The molecule has 2 aromatic rings. The van der Waals surface area contributed by atoms with Crippen molar-refractivity contribution in [2.75, 3.05) is 26.8 Å². The van der Waals surface area contributed by atoms with Crippen molar-refractivity contribution in [2.24, 2.45) is 5.10 Å². The van der Waals surface area contributed by atoms with Crippen LogP contribution in [0, 0.1) is 5.82 Å². The Hall–Kier alpha value is -3.26. The molecule has 0 aromatic heterocycles. The molecule has 8 heteroatoms. The van der Waals surface area contributed by atoms with Crippen molar-refractivity contribution in [1.29, 1.82) is 0 Å². The molecule has 0 saturated heterocycles. The first kappa shape index (κ1) is 23.4. The van der Waals surface area contributed by atoms with Gasteiger partial charge in [-0.15, -0.1) is 0 Å². The summed E-state index contributed by atoms with van der Waals surface area (Å²) in [7, 11) is 1.54. The van der Waals surface area contributed by atoms with Crippen LogP contribution in [0.5, 0.6) is 0 Å². The summed E-state index contributed by atoms with van der Waals surface area (Å²) in [6, 6.07) is 15.1. The van der Waals surface area contributed by atoms with Gasteiger partial charge in [0, 0.05) is 31.7 Å². The molecule has 1 N–H and O–H groups in total. The maximum Gasteiger partial charge on any atom is 0.318 e. The quantitative estimate of drug-likeness (QED) is 0.682. The van der Waals surface area contributed by atoms with Gasteiger partial charge >= 0.3 is 6.03 Å². The summed E-state index contributed by atoms with van der Waals surface area (Å²) in [5, 5.41) is 8.68. The molecule has 7 nitrogen and oxygen atoms in total. The molecule has 1 aliphatic rings. The fraction of sp³-hybridized carbons (Fsp3) is 0.375. The van der Waals surface area contributed by atoms with Crippen LogP contribution in [0.1, 0.15) is 37.4 Å². The van der Waals surface area contributed by atoms with Gasteiger partial charge in [-0.25, -0.2) is 14.2 Å². The monoisotopic (exact) mass is 440 g/mol. The standard InChI is InChI=1S/C24H29FN4O3/c1-17(2)26-24(31)28(13-14-32-3)16-23(30)29-22(18-9-5-4-6-10-18)15-21(27-29)19-11-7-8-12-20(19)25/h4-12,17,22H,13-16H2,1-3H3,(H,26,31). The molecule has 170 valence electrons. The highest BCUT2D eigenvalue weighted by Gasteiger charge is 2.35. The van der Waals surface area contributed by atoms with E-state index in [0.29, 0.717) is 24.3 Å². The molecule has 0 radical (unpaired) electrons. The van der Waals surface area contributed by atoms with Gasteiger partial charge in [-0.2, -0.15) is 5.10 Å². The third kappa shape index (κ3) is 5.70.